The Morgan fingerprint density at radius 1 is 1.33 bits per heavy atom. The van der Waals surface area contributed by atoms with E-state index >= 15 is 0 Å². The van der Waals surface area contributed by atoms with Gasteiger partial charge in [-0.1, -0.05) is 35.8 Å². The fourth-order valence-electron chi connectivity index (χ4n) is 2.56. The molecule has 1 N–H and O–H groups in total. The second kappa shape index (κ2) is 6.07. The molecule has 0 saturated carbocycles. The molecule has 2 unspecified atom stereocenters. The fraction of sp³-hybridized carbons (Fsp3) is 0.600. The first-order valence-electron chi connectivity index (χ1n) is 6.79. The zero-order chi connectivity index (χ0) is 13.1. The molecule has 1 aliphatic rings. The third-order valence-corrected chi connectivity index (χ3v) is 4.84. The van der Waals surface area contributed by atoms with Crippen LogP contribution in [0.2, 0.25) is 0 Å². The molecule has 2 nitrogen and oxygen atoms in total. The molecular weight excluding hydrogens is 288 g/mol. The van der Waals surface area contributed by atoms with Gasteiger partial charge in [0.2, 0.25) is 0 Å². The van der Waals surface area contributed by atoms with E-state index in [0.29, 0.717) is 0 Å². The maximum absolute atomic E-state index is 3.68. The Labute approximate surface area is 119 Å². The lowest BCUT2D eigenvalue weighted by Gasteiger charge is -2.37. The van der Waals surface area contributed by atoms with Crippen LogP contribution in [0.4, 0.5) is 5.69 Å². The average molecular weight is 311 g/mol. The molecular formula is C15H23BrN2. The number of anilines is 1. The topological polar surface area (TPSA) is 15.3 Å². The van der Waals surface area contributed by atoms with Gasteiger partial charge in [0, 0.05) is 29.8 Å². The maximum atomic E-state index is 3.68. The highest BCUT2D eigenvalue weighted by Crippen LogP contribution is 2.29. The zero-order valence-electron chi connectivity index (χ0n) is 11.5. The zero-order valence-corrected chi connectivity index (χ0v) is 13.1. The molecule has 2 rings (SSSR count). The normalized spacial score (nSPS) is 24.3. The first-order valence-corrected chi connectivity index (χ1v) is 7.59. The van der Waals surface area contributed by atoms with Gasteiger partial charge >= 0.3 is 0 Å². The van der Waals surface area contributed by atoms with Gasteiger partial charge in [0.15, 0.2) is 0 Å². The summed E-state index contributed by atoms with van der Waals surface area (Å²) in [7, 11) is 1.98. The summed E-state index contributed by atoms with van der Waals surface area (Å²) in [5, 5.41) is 3.19. The first-order chi connectivity index (χ1) is 8.61. The number of nitrogens with one attached hydrogen (secondary N) is 1. The van der Waals surface area contributed by atoms with E-state index in [1.807, 2.05) is 7.05 Å². The van der Waals surface area contributed by atoms with E-state index in [0.717, 1.165) is 18.4 Å². The molecule has 2 atom stereocenters. The van der Waals surface area contributed by atoms with Crippen LogP contribution < -0.4 is 10.2 Å². The Bertz CT molecular complexity index is 405. The monoisotopic (exact) mass is 310 g/mol. The second-order valence-electron chi connectivity index (χ2n) is 5.50. The van der Waals surface area contributed by atoms with Crippen molar-refractivity contribution in [2.24, 2.45) is 11.8 Å². The number of hydrogen-bond donors (Lipinski definition) is 1. The number of nitrogens with zero attached hydrogens (tertiary/aromatic N) is 1. The van der Waals surface area contributed by atoms with Gasteiger partial charge in [0.05, 0.1) is 0 Å². The van der Waals surface area contributed by atoms with Crippen LogP contribution in [-0.4, -0.2) is 20.1 Å². The number of rotatable bonds is 3. The van der Waals surface area contributed by atoms with Crippen LogP contribution in [0.5, 0.6) is 0 Å². The summed E-state index contributed by atoms with van der Waals surface area (Å²) >= 11 is 3.68. The minimum absolute atomic E-state index is 0.787. The Kier molecular flexibility index (Phi) is 4.68. The van der Waals surface area contributed by atoms with Crippen molar-refractivity contribution in [2.75, 3.05) is 25.0 Å². The van der Waals surface area contributed by atoms with Crippen molar-refractivity contribution < 1.29 is 0 Å². The standard InChI is InChI=1S/C15H23BrN2/c1-11-6-7-18(10-12(11)2)14-5-4-13(9-17-3)15(16)8-14/h4-5,8,11-12,17H,6-7,9-10H2,1-3H3. The summed E-state index contributed by atoms with van der Waals surface area (Å²) < 4.78 is 1.21. The molecule has 0 radical (unpaired) electrons. The van der Waals surface area contributed by atoms with Crippen LogP contribution in [0.25, 0.3) is 0 Å². The van der Waals surface area contributed by atoms with E-state index in [2.05, 4.69) is 58.2 Å². The molecule has 1 heterocycles. The van der Waals surface area contributed by atoms with Gasteiger partial charge in [0.1, 0.15) is 0 Å². The van der Waals surface area contributed by atoms with Gasteiger partial charge in [0.25, 0.3) is 0 Å². The Hall–Kier alpha value is -0.540. The van der Waals surface area contributed by atoms with Crippen molar-refractivity contribution in [3.8, 4) is 0 Å². The van der Waals surface area contributed by atoms with Crippen LogP contribution >= 0.6 is 15.9 Å². The highest BCUT2D eigenvalue weighted by atomic mass is 79.9. The lowest BCUT2D eigenvalue weighted by Crippen LogP contribution is -2.38. The number of piperidine rings is 1. The number of halogens is 1. The lowest BCUT2D eigenvalue weighted by molar-refractivity contribution is 0.324. The first kappa shape index (κ1) is 13.9. The Morgan fingerprint density at radius 2 is 2.11 bits per heavy atom. The van der Waals surface area contributed by atoms with Gasteiger partial charge < -0.3 is 10.2 Å². The molecule has 0 bridgehead atoms. The third kappa shape index (κ3) is 3.07. The van der Waals surface area contributed by atoms with Crippen LogP contribution in [0.1, 0.15) is 25.8 Å². The summed E-state index contributed by atoms with van der Waals surface area (Å²) in [6, 6.07) is 6.73. The highest BCUT2D eigenvalue weighted by molar-refractivity contribution is 9.10. The molecule has 0 spiro atoms. The molecule has 18 heavy (non-hydrogen) atoms. The van der Waals surface area contributed by atoms with E-state index in [-0.39, 0.29) is 0 Å². The van der Waals surface area contributed by atoms with Crippen molar-refractivity contribution >= 4 is 21.6 Å². The molecule has 1 aromatic rings. The van der Waals surface area contributed by atoms with Crippen molar-refractivity contribution in [2.45, 2.75) is 26.8 Å². The van der Waals surface area contributed by atoms with E-state index in [4.69, 9.17) is 0 Å². The predicted octanol–water partition coefficient (Wildman–Crippen LogP) is 3.65. The minimum Gasteiger partial charge on any atom is -0.371 e. The molecule has 1 fully saturated rings. The molecule has 3 heteroatoms. The molecule has 1 aromatic carbocycles. The average Bonchev–Trinajstić information content (AvgIpc) is 2.35. The van der Waals surface area contributed by atoms with E-state index in [9.17, 15) is 0 Å². The van der Waals surface area contributed by atoms with Crippen molar-refractivity contribution in [1.82, 2.24) is 5.32 Å². The van der Waals surface area contributed by atoms with E-state index < -0.39 is 0 Å². The predicted molar refractivity (Wildman–Crippen MR) is 82.1 cm³/mol. The van der Waals surface area contributed by atoms with Gasteiger partial charge in [-0.15, -0.1) is 0 Å². The minimum atomic E-state index is 0.787. The van der Waals surface area contributed by atoms with Gasteiger partial charge in [-0.3, -0.25) is 0 Å². The van der Waals surface area contributed by atoms with Crippen molar-refractivity contribution in [1.29, 1.82) is 0 Å². The van der Waals surface area contributed by atoms with Crippen LogP contribution in [-0.2, 0) is 6.54 Å². The van der Waals surface area contributed by atoms with Gasteiger partial charge in [-0.2, -0.15) is 0 Å². The molecule has 1 saturated heterocycles. The van der Waals surface area contributed by atoms with E-state index in [1.54, 1.807) is 0 Å². The van der Waals surface area contributed by atoms with Crippen LogP contribution in [0.3, 0.4) is 0 Å². The third-order valence-electron chi connectivity index (χ3n) is 4.10. The second-order valence-corrected chi connectivity index (χ2v) is 6.35. The molecule has 0 aromatic heterocycles. The SMILES string of the molecule is CNCc1ccc(N2CCC(C)C(C)C2)cc1Br. The molecule has 0 amide bonds. The summed E-state index contributed by atoms with van der Waals surface area (Å²) in [4.78, 5) is 2.51. The lowest BCUT2D eigenvalue weighted by atomic mass is 9.88. The van der Waals surface area contributed by atoms with Gasteiger partial charge in [-0.25, -0.2) is 0 Å². The Morgan fingerprint density at radius 3 is 2.72 bits per heavy atom. The molecule has 100 valence electrons. The van der Waals surface area contributed by atoms with Crippen LogP contribution in [0.15, 0.2) is 22.7 Å². The summed E-state index contributed by atoms with van der Waals surface area (Å²) in [6.45, 7) is 8.01. The summed E-state index contributed by atoms with van der Waals surface area (Å²) in [5.74, 6) is 1.64. The quantitative estimate of drug-likeness (QED) is 0.916. The number of hydrogen-bond acceptors (Lipinski definition) is 2. The van der Waals surface area contributed by atoms with Gasteiger partial charge in [-0.05, 0) is 43.0 Å². The fourth-order valence-corrected chi connectivity index (χ4v) is 3.07. The van der Waals surface area contributed by atoms with E-state index in [1.165, 1.54) is 35.2 Å². The van der Waals surface area contributed by atoms with Crippen LogP contribution in [0, 0.1) is 11.8 Å². The summed E-state index contributed by atoms with van der Waals surface area (Å²) in [6.07, 6.45) is 1.30. The molecule has 1 aliphatic heterocycles. The summed E-state index contributed by atoms with van der Waals surface area (Å²) in [5.41, 5.74) is 2.67. The molecule has 0 aliphatic carbocycles. The smallest absolute Gasteiger partial charge is 0.0377 e. The van der Waals surface area contributed by atoms with Crippen molar-refractivity contribution in [3.63, 3.8) is 0 Å². The Balaban J connectivity index is 2.12. The maximum Gasteiger partial charge on any atom is 0.0377 e. The number of benzene rings is 1. The highest BCUT2D eigenvalue weighted by Gasteiger charge is 2.22. The largest absolute Gasteiger partial charge is 0.371 e. The van der Waals surface area contributed by atoms with Crippen molar-refractivity contribution in [3.05, 3.63) is 28.2 Å².